The Morgan fingerprint density at radius 1 is 0.923 bits per heavy atom. The van der Waals surface area contributed by atoms with Crippen LogP contribution < -0.4 is 5.32 Å². The van der Waals surface area contributed by atoms with Gasteiger partial charge in [-0.15, -0.1) is 0 Å². The van der Waals surface area contributed by atoms with Crippen LogP contribution in [0.25, 0.3) is 0 Å². The van der Waals surface area contributed by atoms with Crippen molar-refractivity contribution >= 4 is 0 Å². The van der Waals surface area contributed by atoms with Gasteiger partial charge in [0.2, 0.25) is 0 Å². The van der Waals surface area contributed by atoms with Crippen LogP contribution in [0.5, 0.6) is 0 Å². The first-order valence-electron chi connectivity index (χ1n) is 10.4. The molecule has 1 aliphatic carbocycles. The second-order valence-corrected chi connectivity index (χ2v) is 8.78. The Labute approximate surface area is 158 Å². The van der Waals surface area contributed by atoms with Gasteiger partial charge < -0.3 is 24.3 Å². The van der Waals surface area contributed by atoms with Gasteiger partial charge in [-0.3, -0.25) is 0 Å². The molecule has 2 saturated heterocycles. The van der Waals surface area contributed by atoms with E-state index in [2.05, 4.69) is 18.3 Å². The van der Waals surface area contributed by atoms with E-state index in [9.17, 15) is 0 Å². The molecular formula is C21H37NO4. The highest BCUT2D eigenvalue weighted by molar-refractivity contribution is 5.25. The van der Waals surface area contributed by atoms with Crippen molar-refractivity contribution in [3.63, 3.8) is 0 Å². The maximum absolute atomic E-state index is 6.24. The van der Waals surface area contributed by atoms with Gasteiger partial charge in [0.05, 0.1) is 12.6 Å². The predicted octanol–water partition coefficient (Wildman–Crippen LogP) is 3.92. The van der Waals surface area contributed by atoms with E-state index < -0.39 is 11.6 Å². The SMILES string of the molecule is CCCCCCCCN[C@@H]1C=C2COC(C)(C)O[C@@H]2C2OC(C)(C)O[C@H]21. The monoisotopic (exact) mass is 367 g/mol. The Morgan fingerprint density at radius 3 is 2.38 bits per heavy atom. The summed E-state index contributed by atoms with van der Waals surface area (Å²) in [6.07, 6.45) is 9.88. The molecule has 0 spiro atoms. The molecule has 2 heterocycles. The second kappa shape index (κ2) is 8.27. The van der Waals surface area contributed by atoms with E-state index in [0.29, 0.717) is 6.61 Å². The molecule has 0 aromatic rings. The Bertz CT molecular complexity index is 502. The van der Waals surface area contributed by atoms with Crippen LogP contribution in [0.3, 0.4) is 0 Å². The van der Waals surface area contributed by atoms with Crippen LogP contribution in [0, 0.1) is 0 Å². The first-order valence-corrected chi connectivity index (χ1v) is 10.4. The number of fused-ring (bicyclic) bond motifs is 3. The minimum atomic E-state index is -0.582. The first-order chi connectivity index (χ1) is 12.3. The summed E-state index contributed by atoms with van der Waals surface area (Å²) >= 11 is 0. The molecule has 0 bridgehead atoms. The molecular weight excluding hydrogens is 330 g/mol. The van der Waals surface area contributed by atoms with Crippen molar-refractivity contribution in [2.24, 2.45) is 0 Å². The molecule has 26 heavy (non-hydrogen) atoms. The Hall–Kier alpha value is -0.460. The molecule has 2 aliphatic heterocycles. The van der Waals surface area contributed by atoms with Crippen molar-refractivity contribution in [1.29, 1.82) is 0 Å². The van der Waals surface area contributed by atoms with E-state index in [1.165, 1.54) is 44.1 Å². The number of rotatable bonds is 8. The molecule has 0 saturated carbocycles. The minimum absolute atomic E-state index is 0.0206. The van der Waals surface area contributed by atoms with Gasteiger partial charge in [0, 0.05) is 0 Å². The third kappa shape index (κ3) is 4.87. The van der Waals surface area contributed by atoms with Crippen molar-refractivity contribution in [2.75, 3.05) is 13.2 Å². The van der Waals surface area contributed by atoms with E-state index in [0.717, 1.165) is 6.54 Å². The van der Waals surface area contributed by atoms with Crippen molar-refractivity contribution < 1.29 is 18.9 Å². The van der Waals surface area contributed by atoms with Crippen molar-refractivity contribution in [3.05, 3.63) is 11.6 Å². The maximum atomic E-state index is 6.24. The predicted molar refractivity (Wildman–Crippen MR) is 102 cm³/mol. The molecule has 5 nitrogen and oxygen atoms in total. The van der Waals surface area contributed by atoms with Crippen LogP contribution in [0.2, 0.25) is 0 Å². The van der Waals surface area contributed by atoms with E-state index in [1.54, 1.807) is 0 Å². The fourth-order valence-corrected chi connectivity index (χ4v) is 4.18. The van der Waals surface area contributed by atoms with Crippen LogP contribution >= 0.6 is 0 Å². The van der Waals surface area contributed by atoms with Gasteiger partial charge in [-0.05, 0) is 46.2 Å². The highest BCUT2D eigenvalue weighted by atomic mass is 16.8. The third-order valence-electron chi connectivity index (χ3n) is 5.48. The molecule has 150 valence electrons. The van der Waals surface area contributed by atoms with Gasteiger partial charge in [-0.1, -0.05) is 45.1 Å². The van der Waals surface area contributed by atoms with Gasteiger partial charge in [0.15, 0.2) is 11.6 Å². The number of unbranched alkanes of at least 4 members (excludes halogenated alkanes) is 5. The van der Waals surface area contributed by atoms with Gasteiger partial charge in [-0.2, -0.15) is 0 Å². The summed E-state index contributed by atoms with van der Waals surface area (Å²) in [6, 6.07) is 0.150. The summed E-state index contributed by atoms with van der Waals surface area (Å²) in [7, 11) is 0. The lowest BCUT2D eigenvalue weighted by Gasteiger charge is -2.44. The molecule has 4 atom stereocenters. The topological polar surface area (TPSA) is 49.0 Å². The standard InChI is InChI=1S/C21H37NO4/c1-6-7-8-9-10-11-12-22-16-13-15-14-23-20(2,3)24-17(15)19-18(16)25-21(4,5)26-19/h13,16-19,22H,6-12,14H2,1-5H3/t16-,17+,18+,19?/m1/s1. The Kier molecular flexibility index (Phi) is 6.45. The zero-order chi connectivity index (χ0) is 18.8. The molecule has 1 N–H and O–H groups in total. The van der Waals surface area contributed by atoms with Gasteiger partial charge in [0.1, 0.15) is 18.3 Å². The smallest absolute Gasteiger partial charge is 0.164 e. The Balaban J connectivity index is 1.59. The first kappa shape index (κ1) is 20.3. The molecule has 3 rings (SSSR count). The van der Waals surface area contributed by atoms with Crippen LogP contribution in [0.15, 0.2) is 11.6 Å². The summed E-state index contributed by atoms with van der Waals surface area (Å²) in [5, 5.41) is 3.68. The number of hydrogen-bond acceptors (Lipinski definition) is 5. The van der Waals surface area contributed by atoms with Gasteiger partial charge in [0.25, 0.3) is 0 Å². The molecule has 0 aromatic heterocycles. The number of ether oxygens (including phenoxy) is 4. The van der Waals surface area contributed by atoms with Crippen LogP contribution in [0.1, 0.15) is 73.1 Å². The number of nitrogens with one attached hydrogen (secondary N) is 1. The van der Waals surface area contributed by atoms with Crippen molar-refractivity contribution in [1.82, 2.24) is 5.32 Å². The highest BCUT2D eigenvalue weighted by Gasteiger charge is 2.54. The second-order valence-electron chi connectivity index (χ2n) is 8.78. The largest absolute Gasteiger partial charge is 0.346 e. The van der Waals surface area contributed by atoms with Crippen LogP contribution in [-0.2, 0) is 18.9 Å². The van der Waals surface area contributed by atoms with Crippen molar-refractivity contribution in [3.8, 4) is 0 Å². The lowest BCUT2D eigenvalue weighted by Crippen LogP contribution is -2.57. The minimum Gasteiger partial charge on any atom is -0.346 e. The van der Waals surface area contributed by atoms with Gasteiger partial charge in [-0.25, -0.2) is 0 Å². The van der Waals surface area contributed by atoms with Crippen molar-refractivity contribution in [2.45, 2.75) is 109 Å². The molecule has 3 aliphatic rings. The van der Waals surface area contributed by atoms with Gasteiger partial charge >= 0.3 is 0 Å². The average Bonchev–Trinajstić information content (AvgIpc) is 2.89. The molecule has 0 amide bonds. The molecule has 0 aromatic carbocycles. The molecule has 1 unspecified atom stereocenters. The normalized spacial score (nSPS) is 34.9. The summed E-state index contributed by atoms with van der Waals surface area (Å²) in [6.45, 7) is 11.8. The summed E-state index contributed by atoms with van der Waals surface area (Å²) in [5.41, 5.74) is 1.17. The molecule has 5 heteroatoms. The fraction of sp³-hybridized carbons (Fsp3) is 0.905. The maximum Gasteiger partial charge on any atom is 0.164 e. The summed E-state index contributed by atoms with van der Waals surface area (Å²) in [4.78, 5) is 0. The highest BCUT2D eigenvalue weighted by Crippen LogP contribution is 2.41. The Morgan fingerprint density at radius 2 is 1.62 bits per heavy atom. The summed E-state index contributed by atoms with van der Waals surface area (Å²) < 4.78 is 24.5. The van der Waals surface area contributed by atoms with Crippen LogP contribution in [0.4, 0.5) is 0 Å². The van der Waals surface area contributed by atoms with Crippen LogP contribution in [-0.4, -0.2) is 49.1 Å². The van der Waals surface area contributed by atoms with E-state index in [-0.39, 0.29) is 24.4 Å². The quantitative estimate of drug-likeness (QED) is 0.520. The van der Waals surface area contributed by atoms with E-state index >= 15 is 0 Å². The van der Waals surface area contributed by atoms with E-state index in [4.69, 9.17) is 18.9 Å². The molecule has 2 fully saturated rings. The zero-order valence-corrected chi connectivity index (χ0v) is 17.2. The fourth-order valence-electron chi connectivity index (χ4n) is 4.18. The van der Waals surface area contributed by atoms with E-state index in [1.807, 2.05) is 27.7 Å². The lowest BCUT2D eigenvalue weighted by molar-refractivity contribution is -0.273. The third-order valence-corrected chi connectivity index (χ3v) is 5.48. The zero-order valence-electron chi connectivity index (χ0n) is 17.2. The lowest BCUT2D eigenvalue weighted by atomic mass is 9.87. The number of hydrogen-bond donors (Lipinski definition) is 1. The molecule has 0 radical (unpaired) electrons. The average molecular weight is 368 g/mol. The summed E-state index contributed by atoms with van der Waals surface area (Å²) in [5.74, 6) is -1.16.